The molecule has 0 aliphatic heterocycles. The van der Waals surface area contributed by atoms with E-state index in [0.29, 0.717) is 28.4 Å². The third-order valence-corrected chi connectivity index (χ3v) is 5.32. The molecule has 0 heterocycles. The number of methoxy groups -OCH3 is 1. The molecule has 0 atom stereocenters. The van der Waals surface area contributed by atoms with Crippen molar-refractivity contribution in [2.24, 2.45) is 5.10 Å². The Morgan fingerprint density at radius 3 is 2.33 bits per heavy atom. The molecule has 0 aliphatic carbocycles. The molecule has 3 rings (SSSR count). The highest BCUT2D eigenvalue weighted by Crippen LogP contribution is 2.27. The van der Waals surface area contributed by atoms with Crippen LogP contribution in [-0.2, 0) is 14.4 Å². The highest BCUT2D eigenvalue weighted by Gasteiger charge is 2.13. The Morgan fingerprint density at radius 2 is 1.61 bits per heavy atom. The minimum atomic E-state index is -0.906. The van der Waals surface area contributed by atoms with Crippen LogP contribution in [0.5, 0.6) is 11.5 Å². The van der Waals surface area contributed by atoms with E-state index in [0.717, 1.165) is 16.7 Å². The Bertz CT molecular complexity index is 1300. The molecule has 3 N–H and O–H groups in total. The van der Waals surface area contributed by atoms with Gasteiger partial charge >= 0.3 is 11.8 Å². The number of ether oxygens (including phenoxy) is 2. The number of rotatable bonds is 8. The van der Waals surface area contributed by atoms with Gasteiger partial charge in [0, 0.05) is 11.4 Å². The van der Waals surface area contributed by atoms with Gasteiger partial charge < -0.3 is 20.1 Å². The molecule has 0 fully saturated rings. The fourth-order valence-corrected chi connectivity index (χ4v) is 3.15. The molecule has 0 saturated heterocycles. The second-order valence-corrected chi connectivity index (χ2v) is 8.01. The molecule has 0 unspecified atom stereocenters. The number of hydrazone groups is 1. The lowest BCUT2D eigenvalue weighted by Gasteiger charge is -2.12. The van der Waals surface area contributed by atoms with Gasteiger partial charge in [-0.2, -0.15) is 5.10 Å². The van der Waals surface area contributed by atoms with Crippen LogP contribution in [0.3, 0.4) is 0 Å². The van der Waals surface area contributed by atoms with Crippen molar-refractivity contribution in [3.05, 3.63) is 82.9 Å². The summed E-state index contributed by atoms with van der Waals surface area (Å²) in [6.45, 7) is 5.57. The number of carbonyl (C=O) groups excluding carboxylic acids is 3. The summed E-state index contributed by atoms with van der Waals surface area (Å²) in [5, 5.41) is 9.15. The van der Waals surface area contributed by atoms with Crippen molar-refractivity contribution >= 4 is 35.3 Å². The van der Waals surface area contributed by atoms with Crippen LogP contribution in [0.4, 0.5) is 11.4 Å². The van der Waals surface area contributed by atoms with Crippen LogP contribution in [0.15, 0.2) is 65.8 Å². The summed E-state index contributed by atoms with van der Waals surface area (Å²) in [5.74, 6) is -1.30. The molecule has 0 aromatic heterocycles. The first-order valence-corrected chi connectivity index (χ1v) is 11.1. The van der Waals surface area contributed by atoms with Crippen molar-refractivity contribution < 1.29 is 23.9 Å². The van der Waals surface area contributed by atoms with E-state index in [1.54, 1.807) is 30.3 Å². The van der Waals surface area contributed by atoms with Gasteiger partial charge in [-0.25, -0.2) is 5.43 Å². The van der Waals surface area contributed by atoms with E-state index >= 15 is 0 Å². The smallest absolute Gasteiger partial charge is 0.329 e. The van der Waals surface area contributed by atoms with E-state index in [1.807, 2.05) is 51.1 Å². The van der Waals surface area contributed by atoms with Crippen molar-refractivity contribution in [3.63, 3.8) is 0 Å². The average molecular weight is 489 g/mol. The van der Waals surface area contributed by atoms with Crippen LogP contribution >= 0.6 is 0 Å². The molecule has 0 bridgehead atoms. The van der Waals surface area contributed by atoms with Crippen molar-refractivity contribution in [1.29, 1.82) is 0 Å². The lowest BCUT2D eigenvalue weighted by molar-refractivity contribution is -0.136. The molecule has 0 radical (unpaired) electrons. The summed E-state index contributed by atoms with van der Waals surface area (Å²) < 4.78 is 10.9. The molecule has 3 aromatic carbocycles. The number of aryl methyl sites for hydroxylation is 3. The van der Waals surface area contributed by atoms with Gasteiger partial charge in [0.1, 0.15) is 0 Å². The fraction of sp³-hybridized carbons (Fsp3) is 0.185. The maximum atomic E-state index is 12.2. The Morgan fingerprint density at radius 1 is 0.833 bits per heavy atom. The maximum absolute atomic E-state index is 12.2. The van der Waals surface area contributed by atoms with E-state index in [1.165, 1.54) is 13.3 Å². The number of anilines is 2. The maximum Gasteiger partial charge on any atom is 0.329 e. The SMILES string of the molecule is COc1cc(/C=N\NC(=O)C(=O)Nc2ccc(C)c(C)c2)ccc1OCC(=O)Nc1ccccc1C. The van der Waals surface area contributed by atoms with Gasteiger partial charge in [-0.3, -0.25) is 14.4 Å². The summed E-state index contributed by atoms with van der Waals surface area (Å²) in [6, 6.07) is 17.7. The average Bonchev–Trinajstić information content (AvgIpc) is 2.86. The van der Waals surface area contributed by atoms with Crippen LogP contribution in [0.1, 0.15) is 22.3 Å². The first-order chi connectivity index (χ1) is 17.3. The molecule has 0 spiro atoms. The quantitative estimate of drug-likeness (QED) is 0.254. The second-order valence-electron chi connectivity index (χ2n) is 8.01. The predicted octanol–water partition coefficient (Wildman–Crippen LogP) is 3.73. The van der Waals surface area contributed by atoms with E-state index in [4.69, 9.17) is 9.47 Å². The first-order valence-electron chi connectivity index (χ1n) is 11.1. The van der Waals surface area contributed by atoms with Gasteiger partial charge in [0.05, 0.1) is 13.3 Å². The Balaban J connectivity index is 1.53. The predicted molar refractivity (Wildman–Crippen MR) is 139 cm³/mol. The number of hydrogen-bond donors (Lipinski definition) is 3. The third-order valence-electron chi connectivity index (χ3n) is 5.32. The highest BCUT2D eigenvalue weighted by atomic mass is 16.5. The molecule has 186 valence electrons. The van der Waals surface area contributed by atoms with Crippen molar-refractivity contribution in [3.8, 4) is 11.5 Å². The zero-order valence-corrected chi connectivity index (χ0v) is 20.5. The van der Waals surface area contributed by atoms with Gasteiger partial charge in [0.2, 0.25) is 0 Å². The van der Waals surface area contributed by atoms with Gasteiger partial charge in [0.25, 0.3) is 5.91 Å². The van der Waals surface area contributed by atoms with Crippen LogP contribution in [0, 0.1) is 20.8 Å². The van der Waals surface area contributed by atoms with E-state index in [2.05, 4.69) is 21.2 Å². The molecule has 3 amide bonds. The Hall–Kier alpha value is -4.66. The summed E-state index contributed by atoms with van der Waals surface area (Å²) in [5.41, 5.74) is 7.04. The number of nitrogens with zero attached hydrogens (tertiary/aromatic N) is 1. The van der Waals surface area contributed by atoms with Gasteiger partial charge in [-0.15, -0.1) is 0 Å². The van der Waals surface area contributed by atoms with Crippen molar-refractivity contribution in [2.75, 3.05) is 24.4 Å². The third kappa shape index (κ3) is 7.17. The normalized spacial score (nSPS) is 10.6. The molecular formula is C27H28N4O5. The first kappa shape index (κ1) is 26.0. The van der Waals surface area contributed by atoms with E-state index < -0.39 is 11.8 Å². The van der Waals surface area contributed by atoms with Crippen LogP contribution < -0.4 is 25.5 Å². The minimum absolute atomic E-state index is 0.205. The fourth-order valence-electron chi connectivity index (χ4n) is 3.15. The monoisotopic (exact) mass is 488 g/mol. The topological polar surface area (TPSA) is 118 Å². The molecular weight excluding hydrogens is 460 g/mol. The van der Waals surface area contributed by atoms with Gasteiger partial charge in [-0.1, -0.05) is 24.3 Å². The van der Waals surface area contributed by atoms with E-state index in [9.17, 15) is 14.4 Å². The molecule has 9 heteroatoms. The summed E-state index contributed by atoms with van der Waals surface area (Å²) >= 11 is 0. The number of benzene rings is 3. The lowest BCUT2D eigenvalue weighted by atomic mass is 10.1. The zero-order chi connectivity index (χ0) is 26.1. The van der Waals surface area contributed by atoms with Crippen LogP contribution in [0.25, 0.3) is 0 Å². The molecule has 0 aliphatic rings. The van der Waals surface area contributed by atoms with Crippen LogP contribution in [0.2, 0.25) is 0 Å². The second kappa shape index (κ2) is 12.2. The number of nitrogens with one attached hydrogen (secondary N) is 3. The largest absolute Gasteiger partial charge is 0.493 e. The summed E-state index contributed by atoms with van der Waals surface area (Å²) in [6.07, 6.45) is 1.36. The molecule has 0 saturated carbocycles. The molecule has 36 heavy (non-hydrogen) atoms. The molecule has 9 nitrogen and oxygen atoms in total. The van der Waals surface area contributed by atoms with Gasteiger partial charge in [-0.05, 0) is 79.4 Å². The summed E-state index contributed by atoms with van der Waals surface area (Å²) in [7, 11) is 1.47. The number of para-hydroxylation sites is 1. The van der Waals surface area contributed by atoms with E-state index in [-0.39, 0.29) is 12.5 Å². The van der Waals surface area contributed by atoms with Crippen molar-refractivity contribution in [2.45, 2.75) is 20.8 Å². The van der Waals surface area contributed by atoms with Gasteiger partial charge in [0.15, 0.2) is 18.1 Å². The zero-order valence-electron chi connectivity index (χ0n) is 20.5. The number of hydrogen-bond acceptors (Lipinski definition) is 6. The minimum Gasteiger partial charge on any atom is -0.493 e. The van der Waals surface area contributed by atoms with Crippen LogP contribution in [-0.4, -0.2) is 37.7 Å². The standard InChI is InChI=1S/C27H28N4O5/c1-17-9-11-21(13-19(17)3)29-26(33)27(34)31-28-15-20-10-12-23(24(14-20)35-4)36-16-25(32)30-22-8-6-5-7-18(22)2/h5-15H,16H2,1-4H3,(H,29,33)(H,30,32)(H,31,34)/b28-15-. The highest BCUT2D eigenvalue weighted by molar-refractivity contribution is 6.39. The number of amides is 3. The Labute approximate surface area is 209 Å². The molecule has 3 aromatic rings. The lowest BCUT2D eigenvalue weighted by Crippen LogP contribution is -2.32. The van der Waals surface area contributed by atoms with Crippen molar-refractivity contribution in [1.82, 2.24) is 5.43 Å². The summed E-state index contributed by atoms with van der Waals surface area (Å²) in [4.78, 5) is 36.4. The Kier molecular flexibility index (Phi) is 8.77. The number of carbonyl (C=O) groups is 3.